The second kappa shape index (κ2) is 6.03. The van der Waals surface area contributed by atoms with E-state index in [1.54, 1.807) is 0 Å². The van der Waals surface area contributed by atoms with Crippen molar-refractivity contribution in [2.45, 2.75) is 58.5 Å². The van der Waals surface area contributed by atoms with E-state index < -0.39 is 0 Å². The van der Waals surface area contributed by atoms with Crippen LogP contribution in [0.1, 0.15) is 56.8 Å². The van der Waals surface area contributed by atoms with Crippen LogP contribution in [0.25, 0.3) is 10.9 Å². The van der Waals surface area contributed by atoms with Crippen LogP contribution in [0.4, 0.5) is 0 Å². The fourth-order valence-electron chi connectivity index (χ4n) is 3.86. The fraction of sp³-hybridized carbons (Fsp3) is 0.550. The minimum absolute atomic E-state index is 0.0122. The Balaban J connectivity index is 2.00. The number of amides is 1. The van der Waals surface area contributed by atoms with Gasteiger partial charge in [-0.25, -0.2) is 0 Å². The molecule has 1 amide bonds. The summed E-state index contributed by atoms with van der Waals surface area (Å²) in [5.74, 6) is 0.715. The van der Waals surface area contributed by atoms with Crippen LogP contribution in [0.3, 0.4) is 0 Å². The molecule has 0 unspecified atom stereocenters. The van der Waals surface area contributed by atoms with Gasteiger partial charge in [-0.05, 0) is 31.7 Å². The second-order valence-corrected chi connectivity index (χ2v) is 7.67. The van der Waals surface area contributed by atoms with Crippen molar-refractivity contribution in [3.8, 4) is 0 Å². The van der Waals surface area contributed by atoms with Crippen LogP contribution in [-0.2, 0) is 6.54 Å². The van der Waals surface area contributed by atoms with E-state index in [0.29, 0.717) is 5.92 Å². The van der Waals surface area contributed by atoms with Crippen LogP contribution in [0.15, 0.2) is 30.5 Å². The van der Waals surface area contributed by atoms with Crippen molar-refractivity contribution in [2.75, 3.05) is 7.05 Å². The molecule has 0 radical (unpaired) electrons. The molecule has 1 aliphatic rings. The summed E-state index contributed by atoms with van der Waals surface area (Å²) in [6.07, 6.45) is 6.73. The van der Waals surface area contributed by atoms with Crippen LogP contribution in [-0.4, -0.2) is 28.0 Å². The van der Waals surface area contributed by atoms with Gasteiger partial charge in [-0.15, -0.1) is 0 Å². The molecular weight excluding hydrogens is 284 g/mol. The van der Waals surface area contributed by atoms with Crippen molar-refractivity contribution >= 4 is 16.8 Å². The van der Waals surface area contributed by atoms with Crippen molar-refractivity contribution in [1.82, 2.24) is 9.47 Å². The zero-order chi connectivity index (χ0) is 16.6. The van der Waals surface area contributed by atoms with Gasteiger partial charge >= 0.3 is 0 Å². The summed E-state index contributed by atoms with van der Waals surface area (Å²) in [6, 6.07) is 8.27. The van der Waals surface area contributed by atoms with Crippen LogP contribution >= 0.6 is 0 Å². The highest BCUT2D eigenvalue weighted by atomic mass is 16.2. The van der Waals surface area contributed by atoms with E-state index in [0.717, 1.165) is 35.9 Å². The summed E-state index contributed by atoms with van der Waals surface area (Å²) in [5.41, 5.74) is 2.02. The lowest BCUT2D eigenvalue weighted by Gasteiger charge is -2.35. The highest BCUT2D eigenvalue weighted by Crippen LogP contribution is 2.35. The Hall–Kier alpha value is -1.77. The third kappa shape index (κ3) is 2.89. The molecule has 0 saturated heterocycles. The second-order valence-electron chi connectivity index (χ2n) is 7.67. The highest BCUT2D eigenvalue weighted by Gasteiger charge is 2.36. The van der Waals surface area contributed by atoms with Gasteiger partial charge in [0.15, 0.2) is 0 Å². The Labute approximate surface area is 139 Å². The zero-order valence-electron chi connectivity index (χ0n) is 14.8. The molecule has 3 rings (SSSR count). The average molecular weight is 312 g/mol. The van der Waals surface area contributed by atoms with Crippen LogP contribution in [0.2, 0.25) is 0 Å². The van der Waals surface area contributed by atoms with E-state index in [9.17, 15) is 4.79 Å². The molecule has 124 valence electrons. The van der Waals surface area contributed by atoms with E-state index in [1.165, 1.54) is 12.8 Å². The van der Waals surface area contributed by atoms with Gasteiger partial charge in [0.1, 0.15) is 0 Å². The third-order valence-electron chi connectivity index (χ3n) is 5.38. The first-order valence-corrected chi connectivity index (χ1v) is 8.78. The van der Waals surface area contributed by atoms with Gasteiger partial charge in [-0.3, -0.25) is 4.79 Å². The van der Waals surface area contributed by atoms with Gasteiger partial charge in [0, 0.05) is 36.2 Å². The average Bonchev–Trinajstić information content (AvgIpc) is 3.11. The van der Waals surface area contributed by atoms with E-state index in [-0.39, 0.29) is 11.4 Å². The van der Waals surface area contributed by atoms with Gasteiger partial charge in [0.2, 0.25) is 0 Å². The number of aromatic nitrogens is 1. The maximum Gasteiger partial charge on any atom is 0.256 e. The predicted molar refractivity (Wildman–Crippen MR) is 95.7 cm³/mol. The topological polar surface area (TPSA) is 25.2 Å². The van der Waals surface area contributed by atoms with Gasteiger partial charge in [-0.1, -0.05) is 44.9 Å². The number of fused-ring (bicyclic) bond motifs is 1. The fourth-order valence-corrected chi connectivity index (χ4v) is 3.86. The molecule has 3 heteroatoms. The minimum Gasteiger partial charge on any atom is -0.346 e. The number of para-hydroxylation sites is 1. The van der Waals surface area contributed by atoms with E-state index in [4.69, 9.17) is 0 Å². The molecule has 0 atom stereocenters. The molecule has 0 spiro atoms. The quantitative estimate of drug-likeness (QED) is 0.803. The Morgan fingerprint density at radius 1 is 1.26 bits per heavy atom. The standard InChI is InChI=1S/C20H28N2O/c1-15(2)13-22-14-17(16-9-5-6-10-18(16)22)19(23)21(4)20(3)11-7-8-12-20/h5-6,9-10,14-15H,7-8,11-13H2,1-4H3. The van der Waals surface area contributed by atoms with Gasteiger partial charge in [0.05, 0.1) is 5.56 Å². The molecule has 23 heavy (non-hydrogen) atoms. The van der Waals surface area contributed by atoms with E-state index in [2.05, 4.69) is 49.7 Å². The summed E-state index contributed by atoms with van der Waals surface area (Å²) < 4.78 is 2.23. The lowest BCUT2D eigenvalue weighted by atomic mass is 9.97. The number of hydrogen-bond donors (Lipinski definition) is 0. The molecule has 1 aromatic heterocycles. The SMILES string of the molecule is CC(C)Cn1cc(C(=O)N(C)C2(C)CCCC2)c2ccccc21. The summed E-state index contributed by atoms with van der Waals surface area (Å²) in [7, 11) is 1.97. The first-order valence-electron chi connectivity index (χ1n) is 8.78. The molecule has 0 bridgehead atoms. The molecular formula is C20H28N2O. The molecule has 1 aliphatic carbocycles. The third-order valence-corrected chi connectivity index (χ3v) is 5.38. The maximum atomic E-state index is 13.2. The van der Waals surface area contributed by atoms with Crippen LogP contribution in [0.5, 0.6) is 0 Å². The Bertz CT molecular complexity index is 708. The van der Waals surface area contributed by atoms with Crippen molar-refractivity contribution < 1.29 is 4.79 Å². The number of carbonyl (C=O) groups is 1. The smallest absolute Gasteiger partial charge is 0.256 e. The lowest BCUT2D eigenvalue weighted by molar-refractivity contribution is 0.0608. The van der Waals surface area contributed by atoms with Crippen molar-refractivity contribution in [1.29, 1.82) is 0 Å². The first kappa shape index (κ1) is 16.1. The van der Waals surface area contributed by atoms with Gasteiger partial charge < -0.3 is 9.47 Å². The number of carbonyl (C=O) groups excluding carboxylic acids is 1. The molecule has 1 aromatic carbocycles. The summed E-state index contributed by atoms with van der Waals surface area (Å²) in [4.78, 5) is 15.2. The molecule has 0 N–H and O–H groups in total. The predicted octanol–water partition coefficient (Wildman–Crippen LogP) is 4.70. The molecule has 0 aliphatic heterocycles. The monoisotopic (exact) mass is 312 g/mol. The van der Waals surface area contributed by atoms with Crippen molar-refractivity contribution in [2.24, 2.45) is 5.92 Å². The summed E-state index contributed by atoms with van der Waals surface area (Å²) in [6.45, 7) is 7.59. The van der Waals surface area contributed by atoms with Crippen molar-refractivity contribution in [3.63, 3.8) is 0 Å². The zero-order valence-corrected chi connectivity index (χ0v) is 14.8. The Morgan fingerprint density at radius 3 is 2.57 bits per heavy atom. The first-order chi connectivity index (χ1) is 10.9. The normalized spacial score (nSPS) is 17.1. The van der Waals surface area contributed by atoms with Gasteiger partial charge in [0.25, 0.3) is 5.91 Å². The van der Waals surface area contributed by atoms with Crippen LogP contribution < -0.4 is 0 Å². The highest BCUT2D eigenvalue weighted by molar-refractivity contribution is 6.07. The molecule has 1 heterocycles. The Morgan fingerprint density at radius 2 is 1.91 bits per heavy atom. The number of nitrogens with zero attached hydrogens (tertiary/aromatic N) is 2. The molecule has 1 fully saturated rings. The van der Waals surface area contributed by atoms with Crippen LogP contribution in [0, 0.1) is 5.92 Å². The largest absolute Gasteiger partial charge is 0.346 e. The van der Waals surface area contributed by atoms with E-state index in [1.807, 2.05) is 18.0 Å². The summed E-state index contributed by atoms with van der Waals surface area (Å²) >= 11 is 0. The van der Waals surface area contributed by atoms with Crippen molar-refractivity contribution in [3.05, 3.63) is 36.0 Å². The lowest BCUT2D eigenvalue weighted by Crippen LogP contribution is -2.45. The minimum atomic E-state index is 0.0122. The molecule has 1 saturated carbocycles. The van der Waals surface area contributed by atoms with E-state index >= 15 is 0 Å². The molecule has 2 aromatic rings. The number of benzene rings is 1. The number of hydrogen-bond acceptors (Lipinski definition) is 1. The Kier molecular flexibility index (Phi) is 4.22. The molecule has 3 nitrogen and oxygen atoms in total. The summed E-state index contributed by atoms with van der Waals surface area (Å²) in [5, 5.41) is 1.08. The maximum absolute atomic E-state index is 13.2. The number of rotatable bonds is 4. The van der Waals surface area contributed by atoms with Gasteiger partial charge in [-0.2, -0.15) is 0 Å².